The van der Waals surface area contributed by atoms with E-state index in [-0.39, 0.29) is 23.9 Å². The molecule has 3 amide bonds. The Hall–Kier alpha value is -3.61. The molecule has 7 nitrogen and oxygen atoms in total. The second kappa shape index (κ2) is 10.3. The molecule has 7 heteroatoms. The van der Waals surface area contributed by atoms with Crippen LogP contribution in [0.1, 0.15) is 58.4 Å². The molecule has 1 aromatic heterocycles. The van der Waals surface area contributed by atoms with Crippen LogP contribution < -0.4 is 10.6 Å². The highest BCUT2D eigenvalue weighted by Crippen LogP contribution is 2.26. The number of amides is 3. The summed E-state index contributed by atoms with van der Waals surface area (Å²) in [7, 11) is 0. The summed E-state index contributed by atoms with van der Waals surface area (Å²) in [5.74, 6) is 0.276. The summed E-state index contributed by atoms with van der Waals surface area (Å²) in [4.78, 5) is 27.8. The minimum atomic E-state index is -0.422. The molecule has 0 atom stereocenters. The quantitative estimate of drug-likeness (QED) is 0.499. The van der Waals surface area contributed by atoms with Crippen LogP contribution in [0.3, 0.4) is 0 Å². The molecule has 0 aliphatic heterocycles. The molecular formula is C28H37N5O2. The summed E-state index contributed by atoms with van der Waals surface area (Å²) in [6.07, 6.45) is 0. The number of rotatable bonds is 6. The van der Waals surface area contributed by atoms with E-state index in [4.69, 9.17) is 5.10 Å². The number of anilines is 1. The lowest BCUT2D eigenvalue weighted by Crippen LogP contribution is -2.50. The molecule has 0 bridgehead atoms. The average molecular weight is 476 g/mol. The van der Waals surface area contributed by atoms with Crippen molar-refractivity contribution in [3.63, 3.8) is 0 Å². The van der Waals surface area contributed by atoms with Gasteiger partial charge in [0.1, 0.15) is 12.4 Å². The van der Waals surface area contributed by atoms with Crippen LogP contribution in [0.25, 0.3) is 5.69 Å². The van der Waals surface area contributed by atoms with Crippen LogP contribution in [-0.2, 0) is 16.8 Å². The van der Waals surface area contributed by atoms with Crippen molar-refractivity contribution in [1.82, 2.24) is 20.0 Å². The number of carbonyl (C=O) groups is 2. The monoisotopic (exact) mass is 475 g/mol. The van der Waals surface area contributed by atoms with Gasteiger partial charge in [-0.05, 0) is 45.4 Å². The molecule has 3 rings (SSSR count). The van der Waals surface area contributed by atoms with Crippen LogP contribution in [0.5, 0.6) is 0 Å². The number of aryl methyl sites for hydroxylation is 1. The van der Waals surface area contributed by atoms with Crippen LogP contribution in [0.15, 0.2) is 60.7 Å². The van der Waals surface area contributed by atoms with Gasteiger partial charge < -0.3 is 15.5 Å². The predicted octanol–water partition coefficient (Wildman–Crippen LogP) is 5.43. The van der Waals surface area contributed by atoms with Crippen molar-refractivity contribution in [2.75, 3.05) is 11.9 Å². The third-order valence-electron chi connectivity index (χ3n) is 5.34. The zero-order valence-electron chi connectivity index (χ0n) is 21.8. The van der Waals surface area contributed by atoms with E-state index in [0.29, 0.717) is 12.4 Å². The fourth-order valence-corrected chi connectivity index (χ4v) is 3.48. The minimum Gasteiger partial charge on any atom is -0.333 e. The van der Waals surface area contributed by atoms with Gasteiger partial charge in [-0.2, -0.15) is 5.10 Å². The zero-order chi connectivity index (χ0) is 25.8. The highest BCUT2D eigenvalue weighted by molar-refractivity contribution is 5.94. The number of hydrogen-bond donors (Lipinski definition) is 2. The van der Waals surface area contributed by atoms with Gasteiger partial charge in [-0.1, -0.05) is 68.8 Å². The Kier molecular flexibility index (Phi) is 7.68. The molecule has 0 saturated carbocycles. The second-order valence-electron chi connectivity index (χ2n) is 11.0. The van der Waals surface area contributed by atoms with E-state index < -0.39 is 5.54 Å². The van der Waals surface area contributed by atoms with Crippen molar-refractivity contribution < 1.29 is 9.59 Å². The summed E-state index contributed by atoms with van der Waals surface area (Å²) in [6.45, 7) is 14.2. The van der Waals surface area contributed by atoms with Crippen molar-refractivity contribution in [2.45, 2.75) is 66.0 Å². The second-order valence-corrected chi connectivity index (χ2v) is 11.0. The molecule has 35 heavy (non-hydrogen) atoms. The molecule has 0 spiro atoms. The van der Waals surface area contributed by atoms with Crippen LogP contribution in [0, 0.1) is 6.92 Å². The molecule has 186 valence electrons. The smallest absolute Gasteiger partial charge is 0.318 e. The number of hydrogen-bond acceptors (Lipinski definition) is 3. The van der Waals surface area contributed by atoms with Crippen LogP contribution >= 0.6 is 0 Å². The molecule has 2 N–H and O–H groups in total. The van der Waals surface area contributed by atoms with Crippen LogP contribution in [0.4, 0.5) is 10.6 Å². The maximum atomic E-state index is 13.2. The first kappa shape index (κ1) is 26.0. The van der Waals surface area contributed by atoms with Crippen molar-refractivity contribution in [1.29, 1.82) is 0 Å². The number of nitrogens with zero attached hydrogens (tertiary/aromatic N) is 3. The Labute approximate surface area is 208 Å². The first-order valence-electron chi connectivity index (χ1n) is 11.9. The molecule has 0 radical (unpaired) electrons. The standard InChI is InChI=1S/C28H37N5O2/c1-20-13-15-22(16-14-20)33-24(17-23(31-33)27(2,3)4)29-25(34)19-32(26(35)30-28(5,6)7)18-21-11-9-8-10-12-21/h8-17H,18-19H2,1-7H3,(H,29,34)(H,30,35). The van der Waals surface area contributed by atoms with Gasteiger partial charge in [0.05, 0.1) is 11.4 Å². The van der Waals surface area contributed by atoms with Gasteiger partial charge in [-0.15, -0.1) is 0 Å². The Morgan fingerprint density at radius 3 is 2.14 bits per heavy atom. The van der Waals surface area contributed by atoms with Gasteiger partial charge in [0.15, 0.2) is 0 Å². The molecule has 3 aromatic rings. The summed E-state index contributed by atoms with van der Waals surface area (Å²) in [5.41, 5.74) is 3.19. The van der Waals surface area contributed by atoms with Gasteiger partial charge in [-0.25, -0.2) is 9.48 Å². The van der Waals surface area contributed by atoms with E-state index in [1.165, 1.54) is 4.90 Å². The van der Waals surface area contributed by atoms with Gasteiger partial charge in [0.2, 0.25) is 5.91 Å². The Morgan fingerprint density at radius 2 is 1.57 bits per heavy atom. The molecule has 0 saturated heterocycles. The van der Waals surface area contributed by atoms with E-state index in [2.05, 4.69) is 31.4 Å². The first-order valence-corrected chi connectivity index (χ1v) is 11.9. The number of aromatic nitrogens is 2. The van der Waals surface area contributed by atoms with Crippen LogP contribution in [0.2, 0.25) is 0 Å². The highest BCUT2D eigenvalue weighted by Gasteiger charge is 2.25. The summed E-state index contributed by atoms with van der Waals surface area (Å²) >= 11 is 0. The Bertz CT molecular complexity index is 1150. The topological polar surface area (TPSA) is 79.3 Å². The Morgan fingerprint density at radius 1 is 0.943 bits per heavy atom. The van der Waals surface area contributed by atoms with Crippen molar-refractivity contribution in [2.24, 2.45) is 0 Å². The minimum absolute atomic E-state index is 0.0965. The third-order valence-corrected chi connectivity index (χ3v) is 5.34. The first-order chi connectivity index (χ1) is 16.3. The molecular weight excluding hydrogens is 438 g/mol. The lowest BCUT2D eigenvalue weighted by atomic mass is 9.92. The molecule has 0 fully saturated rings. The van der Waals surface area contributed by atoms with Crippen LogP contribution in [-0.4, -0.2) is 38.7 Å². The van der Waals surface area contributed by atoms with Gasteiger partial charge in [0, 0.05) is 23.6 Å². The van der Waals surface area contributed by atoms with Crippen molar-refractivity contribution in [3.8, 4) is 5.69 Å². The maximum absolute atomic E-state index is 13.2. The SMILES string of the molecule is Cc1ccc(-n2nc(C(C)(C)C)cc2NC(=O)CN(Cc2ccccc2)C(=O)NC(C)(C)C)cc1. The summed E-state index contributed by atoms with van der Waals surface area (Å²) < 4.78 is 1.74. The predicted molar refractivity (Wildman–Crippen MR) is 141 cm³/mol. The lowest BCUT2D eigenvalue weighted by molar-refractivity contribution is -0.116. The molecule has 0 unspecified atom stereocenters. The summed E-state index contributed by atoms with van der Waals surface area (Å²) in [5, 5.41) is 10.7. The van der Waals surface area contributed by atoms with Crippen molar-refractivity contribution in [3.05, 3.63) is 77.5 Å². The molecule has 0 aliphatic rings. The normalized spacial score (nSPS) is 11.7. The largest absolute Gasteiger partial charge is 0.333 e. The van der Waals surface area contributed by atoms with Gasteiger partial charge in [0.25, 0.3) is 0 Å². The zero-order valence-corrected chi connectivity index (χ0v) is 21.8. The third kappa shape index (κ3) is 7.44. The highest BCUT2D eigenvalue weighted by atomic mass is 16.2. The lowest BCUT2D eigenvalue weighted by Gasteiger charge is -2.28. The van der Waals surface area contributed by atoms with E-state index in [1.54, 1.807) is 4.68 Å². The van der Waals surface area contributed by atoms with Gasteiger partial charge >= 0.3 is 6.03 Å². The molecule has 1 heterocycles. The summed E-state index contributed by atoms with van der Waals surface area (Å²) in [6, 6.07) is 19.2. The van der Waals surface area contributed by atoms with Crippen molar-refractivity contribution >= 4 is 17.8 Å². The van der Waals surface area contributed by atoms with E-state index in [9.17, 15) is 9.59 Å². The van der Waals surface area contributed by atoms with Gasteiger partial charge in [-0.3, -0.25) is 4.79 Å². The fourth-order valence-electron chi connectivity index (χ4n) is 3.48. The number of benzene rings is 2. The average Bonchev–Trinajstić information content (AvgIpc) is 3.17. The molecule has 0 aliphatic carbocycles. The number of carbonyl (C=O) groups excluding carboxylic acids is 2. The maximum Gasteiger partial charge on any atom is 0.318 e. The molecule has 2 aromatic carbocycles. The van der Waals surface area contributed by atoms with E-state index in [1.807, 2.05) is 88.4 Å². The fraction of sp³-hybridized carbons (Fsp3) is 0.393. The van der Waals surface area contributed by atoms with E-state index >= 15 is 0 Å². The number of nitrogens with one attached hydrogen (secondary N) is 2. The number of urea groups is 1. The van der Waals surface area contributed by atoms with E-state index in [0.717, 1.165) is 22.5 Å². The Balaban J connectivity index is 1.86.